The monoisotopic (exact) mass is 371 g/mol. The van der Waals surface area contributed by atoms with E-state index in [4.69, 9.17) is 4.42 Å². The maximum absolute atomic E-state index is 12.5. The van der Waals surface area contributed by atoms with Gasteiger partial charge in [0.15, 0.2) is 5.76 Å². The molecule has 1 aliphatic heterocycles. The number of furan rings is 1. The topological polar surface area (TPSA) is 65.8 Å². The Bertz CT molecular complexity index is 841. The summed E-state index contributed by atoms with van der Waals surface area (Å²) < 4.78 is 5.82. The number of likely N-dealkylation sites (N-methyl/N-ethyl adjacent to an activating group) is 1. The minimum atomic E-state index is -0.176. The highest BCUT2D eigenvalue weighted by Crippen LogP contribution is 2.27. The highest BCUT2D eigenvalue weighted by Gasteiger charge is 2.31. The third kappa shape index (κ3) is 4.00. The van der Waals surface area contributed by atoms with Gasteiger partial charge in [0, 0.05) is 38.1 Å². The van der Waals surface area contributed by atoms with Crippen LogP contribution in [0, 0.1) is 13.8 Å². The lowest BCUT2D eigenvalue weighted by Crippen LogP contribution is -2.43. The second-order valence-corrected chi connectivity index (χ2v) is 7.54. The molecular weight excluding hydrogens is 342 g/mol. The van der Waals surface area contributed by atoms with Gasteiger partial charge >= 0.3 is 0 Å². The molecule has 1 saturated heterocycles. The summed E-state index contributed by atoms with van der Waals surface area (Å²) in [6.45, 7) is 6.22. The molecule has 1 aromatic carbocycles. The summed E-state index contributed by atoms with van der Waals surface area (Å²) in [5, 5.41) is 3.94. The summed E-state index contributed by atoms with van der Waals surface area (Å²) in [6.07, 6.45) is 2.77. The molecule has 0 aliphatic carbocycles. The Labute approximate surface area is 160 Å². The van der Waals surface area contributed by atoms with Crippen LogP contribution >= 0.6 is 0 Å². The first-order valence-corrected chi connectivity index (χ1v) is 9.62. The van der Waals surface area contributed by atoms with Crippen molar-refractivity contribution in [1.29, 1.82) is 0 Å². The summed E-state index contributed by atoms with van der Waals surface area (Å²) in [7, 11) is 3.60. The molecule has 1 aliphatic rings. The number of likely N-dealkylation sites (tertiary alicyclic amines) is 1. The Hall–Kier alpha value is -2.34. The normalized spacial score (nSPS) is 17.4. The van der Waals surface area contributed by atoms with Crippen LogP contribution in [0.2, 0.25) is 0 Å². The third-order valence-corrected chi connectivity index (χ3v) is 5.36. The second-order valence-electron chi connectivity index (χ2n) is 7.54. The fourth-order valence-electron chi connectivity index (χ4n) is 3.84. The van der Waals surface area contributed by atoms with Crippen molar-refractivity contribution in [3.63, 3.8) is 0 Å². The highest BCUT2D eigenvalue weighted by atomic mass is 16.3. The standard InChI is InChI=1S/C21H29N3O3/c1-14-8-5-9-16-15(2)19(27-18(14)16)20(25)22-11-7-13-24-12-6-10-17(24)21(26)23(3)4/h5,8-9,17H,6-7,10-13H2,1-4H3,(H,22,25)/t17-/m1/s1. The van der Waals surface area contributed by atoms with Crippen LogP contribution in [0.3, 0.4) is 0 Å². The van der Waals surface area contributed by atoms with Gasteiger partial charge in [-0.05, 0) is 45.2 Å². The van der Waals surface area contributed by atoms with E-state index in [9.17, 15) is 9.59 Å². The molecule has 27 heavy (non-hydrogen) atoms. The average molecular weight is 371 g/mol. The number of fused-ring (bicyclic) bond motifs is 1. The van der Waals surface area contributed by atoms with Gasteiger partial charge in [-0.15, -0.1) is 0 Å². The zero-order chi connectivity index (χ0) is 19.6. The molecule has 1 N–H and O–H groups in total. The van der Waals surface area contributed by atoms with Gasteiger partial charge in [-0.3, -0.25) is 14.5 Å². The number of carbonyl (C=O) groups excluding carboxylic acids is 2. The van der Waals surface area contributed by atoms with E-state index >= 15 is 0 Å². The van der Waals surface area contributed by atoms with Crippen LogP contribution in [0.25, 0.3) is 11.0 Å². The maximum atomic E-state index is 12.5. The summed E-state index contributed by atoms with van der Waals surface area (Å²) in [4.78, 5) is 28.6. The number of para-hydroxylation sites is 1. The number of amides is 2. The first kappa shape index (κ1) is 19.4. The van der Waals surface area contributed by atoms with Crippen molar-refractivity contribution in [1.82, 2.24) is 15.1 Å². The van der Waals surface area contributed by atoms with Crippen LogP contribution in [-0.4, -0.2) is 61.4 Å². The SMILES string of the molecule is Cc1c(C(=O)NCCCN2CCC[C@@H]2C(=O)N(C)C)oc2c(C)cccc12. The molecule has 0 radical (unpaired) electrons. The zero-order valence-corrected chi connectivity index (χ0v) is 16.7. The van der Waals surface area contributed by atoms with Gasteiger partial charge in [0.1, 0.15) is 5.58 Å². The van der Waals surface area contributed by atoms with Gasteiger partial charge in [0.05, 0.1) is 6.04 Å². The summed E-state index contributed by atoms with van der Waals surface area (Å²) >= 11 is 0. The molecule has 0 saturated carbocycles. The van der Waals surface area contributed by atoms with Crippen molar-refractivity contribution in [3.05, 3.63) is 35.1 Å². The average Bonchev–Trinajstić information content (AvgIpc) is 3.23. The van der Waals surface area contributed by atoms with Crippen LogP contribution in [0.5, 0.6) is 0 Å². The van der Waals surface area contributed by atoms with Gasteiger partial charge in [-0.2, -0.15) is 0 Å². The van der Waals surface area contributed by atoms with Crippen LogP contribution in [0.15, 0.2) is 22.6 Å². The van der Waals surface area contributed by atoms with Crippen molar-refractivity contribution >= 4 is 22.8 Å². The van der Waals surface area contributed by atoms with Crippen LogP contribution < -0.4 is 5.32 Å². The Balaban J connectivity index is 1.54. The van der Waals surface area contributed by atoms with Gasteiger partial charge in [0.25, 0.3) is 5.91 Å². The molecule has 2 heterocycles. The molecular formula is C21H29N3O3. The van der Waals surface area contributed by atoms with Gasteiger partial charge in [-0.25, -0.2) is 0 Å². The van der Waals surface area contributed by atoms with E-state index in [-0.39, 0.29) is 17.9 Å². The predicted molar refractivity (Wildman–Crippen MR) is 106 cm³/mol. The quantitative estimate of drug-likeness (QED) is 0.793. The lowest BCUT2D eigenvalue weighted by atomic mass is 10.1. The van der Waals surface area contributed by atoms with E-state index in [1.54, 1.807) is 19.0 Å². The van der Waals surface area contributed by atoms with Gasteiger partial charge in [-0.1, -0.05) is 18.2 Å². The van der Waals surface area contributed by atoms with E-state index in [0.29, 0.717) is 12.3 Å². The van der Waals surface area contributed by atoms with E-state index in [0.717, 1.165) is 54.4 Å². The molecule has 1 aromatic heterocycles. The lowest BCUT2D eigenvalue weighted by molar-refractivity contribution is -0.133. The minimum Gasteiger partial charge on any atom is -0.450 e. The number of nitrogens with zero attached hydrogens (tertiary/aromatic N) is 2. The van der Waals surface area contributed by atoms with Crippen molar-refractivity contribution in [2.75, 3.05) is 33.7 Å². The number of nitrogens with one attached hydrogen (secondary N) is 1. The Morgan fingerprint density at radius 1 is 1.30 bits per heavy atom. The number of benzene rings is 1. The van der Waals surface area contributed by atoms with Crippen LogP contribution in [0.4, 0.5) is 0 Å². The molecule has 6 nitrogen and oxygen atoms in total. The van der Waals surface area contributed by atoms with Gasteiger partial charge in [0.2, 0.25) is 5.91 Å². The first-order chi connectivity index (χ1) is 12.9. The van der Waals surface area contributed by atoms with Crippen molar-refractivity contribution in [2.24, 2.45) is 0 Å². The maximum Gasteiger partial charge on any atom is 0.287 e. The lowest BCUT2D eigenvalue weighted by Gasteiger charge is -2.25. The predicted octanol–water partition coefficient (Wildman–Crippen LogP) is 2.72. The van der Waals surface area contributed by atoms with Crippen molar-refractivity contribution in [3.8, 4) is 0 Å². The summed E-state index contributed by atoms with van der Waals surface area (Å²) in [5.74, 6) is 0.386. The summed E-state index contributed by atoms with van der Waals surface area (Å²) in [5.41, 5.74) is 2.69. The second kappa shape index (κ2) is 8.13. The van der Waals surface area contributed by atoms with Gasteiger partial charge < -0.3 is 14.6 Å². The van der Waals surface area contributed by atoms with E-state index in [1.807, 2.05) is 32.0 Å². The number of hydrogen-bond acceptors (Lipinski definition) is 4. The Morgan fingerprint density at radius 3 is 2.78 bits per heavy atom. The highest BCUT2D eigenvalue weighted by molar-refractivity contribution is 5.99. The largest absolute Gasteiger partial charge is 0.450 e. The first-order valence-electron chi connectivity index (χ1n) is 9.62. The number of hydrogen-bond donors (Lipinski definition) is 1. The fraction of sp³-hybridized carbons (Fsp3) is 0.524. The van der Waals surface area contributed by atoms with E-state index in [2.05, 4.69) is 10.2 Å². The number of rotatable bonds is 6. The molecule has 3 rings (SSSR count). The molecule has 0 bridgehead atoms. The molecule has 0 unspecified atom stereocenters. The molecule has 1 fully saturated rings. The summed E-state index contributed by atoms with van der Waals surface area (Å²) in [6, 6.07) is 5.92. The molecule has 6 heteroatoms. The Morgan fingerprint density at radius 2 is 2.07 bits per heavy atom. The number of aryl methyl sites for hydroxylation is 2. The minimum absolute atomic E-state index is 0.0173. The Kier molecular flexibility index (Phi) is 5.85. The van der Waals surface area contributed by atoms with Crippen molar-refractivity contribution < 1.29 is 14.0 Å². The zero-order valence-electron chi connectivity index (χ0n) is 16.7. The molecule has 1 atom stereocenters. The van der Waals surface area contributed by atoms with Crippen LogP contribution in [0.1, 0.15) is 40.9 Å². The fourth-order valence-corrected chi connectivity index (χ4v) is 3.84. The molecule has 2 amide bonds. The molecule has 0 spiro atoms. The van der Waals surface area contributed by atoms with Crippen LogP contribution in [-0.2, 0) is 4.79 Å². The van der Waals surface area contributed by atoms with Crippen molar-refractivity contribution in [2.45, 2.75) is 39.2 Å². The molecule has 2 aromatic rings. The van der Waals surface area contributed by atoms with E-state index in [1.165, 1.54) is 0 Å². The number of carbonyl (C=O) groups is 2. The van der Waals surface area contributed by atoms with E-state index < -0.39 is 0 Å². The third-order valence-electron chi connectivity index (χ3n) is 5.36. The molecule has 146 valence electrons. The smallest absolute Gasteiger partial charge is 0.287 e.